The summed E-state index contributed by atoms with van der Waals surface area (Å²) in [6, 6.07) is 12.9. The van der Waals surface area contributed by atoms with Crippen molar-refractivity contribution in [1.82, 2.24) is 0 Å². The normalized spacial score (nSPS) is 25.2. The molecule has 1 aliphatic heterocycles. The van der Waals surface area contributed by atoms with Crippen molar-refractivity contribution in [2.24, 2.45) is 0 Å². The summed E-state index contributed by atoms with van der Waals surface area (Å²) in [4.78, 5) is 1.81. The summed E-state index contributed by atoms with van der Waals surface area (Å²) in [5, 5.41) is 39.7. The Morgan fingerprint density at radius 2 is 1.76 bits per heavy atom. The smallest absolute Gasteiger partial charge is 0.195 e. The zero-order valence-corrected chi connectivity index (χ0v) is 18.5. The quantitative estimate of drug-likeness (QED) is 0.435. The van der Waals surface area contributed by atoms with Crippen molar-refractivity contribution < 1.29 is 38.7 Å². The van der Waals surface area contributed by atoms with E-state index >= 15 is 0 Å². The van der Waals surface area contributed by atoms with Gasteiger partial charge in [-0.15, -0.1) is 11.3 Å². The molecule has 3 aromatic rings. The van der Waals surface area contributed by atoms with Crippen LogP contribution in [0.3, 0.4) is 0 Å². The highest BCUT2D eigenvalue weighted by Crippen LogP contribution is 2.32. The molecule has 1 aliphatic rings. The summed E-state index contributed by atoms with van der Waals surface area (Å²) in [6.45, 7) is 1.38. The van der Waals surface area contributed by atoms with E-state index in [1.165, 1.54) is 23.5 Å². The van der Waals surface area contributed by atoms with E-state index in [2.05, 4.69) is 0 Å². The Hall–Kier alpha value is -2.40. The van der Waals surface area contributed by atoms with Gasteiger partial charge in [-0.3, -0.25) is 0 Å². The summed E-state index contributed by atoms with van der Waals surface area (Å²) < 4.78 is 37.7. The molecule has 1 aromatic heterocycles. The van der Waals surface area contributed by atoms with E-state index in [0.717, 1.165) is 26.9 Å². The predicted molar refractivity (Wildman–Crippen MR) is 118 cm³/mol. The second-order valence-electron chi connectivity index (χ2n) is 7.97. The van der Waals surface area contributed by atoms with Crippen LogP contribution in [0.15, 0.2) is 48.5 Å². The topological polar surface area (TPSA) is 99.4 Å². The van der Waals surface area contributed by atoms with Gasteiger partial charge in [0.2, 0.25) is 0 Å². The van der Waals surface area contributed by atoms with Crippen molar-refractivity contribution in [3.8, 4) is 16.2 Å². The molecule has 33 heavy (non-hydrogen) atoms. The van der Waals surface area contributed by atoms with Gasteiger partial charge in [0.05, 0.1) is 6.61 Å². The number of hydrogen-bond acceptors (Lipinski definition) is 7. The number of aliphatic hydroxyl groups excluding tert-OH is 4. The van der Waals surface area contributed by atoms with Crippen LogP contribution in [0.2, 0.25) is 0 Å². The molecule has 4 N–H and O–H groups in total. The highest BCUT2D eigenvalue weighted by Gasteiger charge is 2.45. The van der Waals surface area contributed by atoms with Crippen molar-refractivity contribution >= 4 is 11.3 Å². The monoisotopic (exact) mass is 478 g/mol. The molecule has 2 heterocycles. The Morgan fingerprint density at radius 1 is 0.970 bits per heavy atom. The number of halogens is 2. The van der Waals surface area contributed by atoms with Gasteiger partial charge in [-0.25, -0.2) is 8.78 Å². The van der Waals surface area contributed by atoms with Gasteiger partial charge in [0.1, 0.15) is 24.1 Å². The van der Waals surface area contributed by atoms with Gasteiger partial charge < -0.3 is 29.9 Å². The van der Waals surface area contributed by atoms with E-state index in [0.29, 0.717) is 17.7 Å². The largest absolute Gasteiger partial charge is 0.482 e. The highest BCUT2D eigenvalue weighted by molar-refractivity contribution is 7.15. The maximum Gasteiger partial charge on any atom is 0.195 e. The Labute approximate surface area is 193 Å². The maximum absolute atomic E-state index is 13.6. The fraction of sp³-hybridized carbons (Fsp3) is 0.333. The number of aliphatic hydroxyl groups is 4. The van der Waals surface area contributed by atoms with Crippen LogP contribution in [-0.2, 0) is 11.2 Å². The molecule has 1 saturated heterocycles. The fourth-order valence-electron chi connectivity index (χ4n) is 3.73. The van der Waals surface area contributed by atoms with Crippen LogP contribution in [0.4, 0.5) is 8.78 Å². The van der Waals surface area contributed by atoms with E-state index in [1.807, 2.05) is 25.1 Å². The second kappa shape index (κ2) is 9.84. The molecule has 1 fully saturated rings. The first-order valence-electron chi connectivity index (χ1n) is 10.4. The van der Waals surface area contributed by atoms with Gasteiger partial charge in [-0.05, 0) is 60.0 Å². The van der Waals surface area contributed by atoms with Crippen LogP contribution in [-0.4, -0.2) is 57.7 Å². The molecule has 9 heteroatoms. The third-order valence-corrected chi connectivity index (χ3v) is 6.80. The minimum atomic E-state index is -1.53. The van der Waals surface area contributed by atoms with E-state index in [4.69, 9.17) is 9.47 Å². The second-order valence-corrected chi connectivity index (χ2v) is 9.14. The first-order chi connectivity index (χ1) is 15.8. The Balaban J connectivity index is 1.50. The third-order valence-electron chi connectivity index (χ3n) is 5.67. The molecule has 2 aromatic carbocycles. The van der Waals surface area contributed by atoms with Crippen molar-refractivity contribution in [1.29, 1.82) is 0 Å². The van der Waals surface area contributed by atoms with Gasteiger partial charge in [0.15, 0.2) is 24.0 Å². The van der Waals surface area contributed by atoms with Crippen molar-refractivity contribution in [2.75, 3.05) is 6.61 Å². The van der Waals surface area contributed by atoms with Gasteiger partial charge >= 0.3 is 0 Å². The van der Waals surface area contributed by atoms with Gasteiger partial charge in [-0.2, -0.15) is 0 Å². The molecule has 0 bridgehead atoms. The van der Waals surface area contributed by atoms with Crippen LogP contribution in [0.5, 0.6) is 5.75 Å². The number of ether oxygens (including phenoxy) is 2. The minimum Gasteiger partial charge on any atom is -0.482 e. The molecule has 1 unspecified atom stereocenters. The van der Waals surface area contributed by atoms with Crippen molar-refractivity contribution in [2.45, 2.75) is 44.1 Å². The summed E-state index contributed by atoms with van der Waals surface area (Å²) in [5.41, 5.74) is 2.52. The average molecular weight is 479 g/mol. The van der Waals surface area contributed by atoms with E-state index in [-0.39, 0.29) is 0 Å². The Bertz CT molecular complexity index is 1120. The standard InChI is InChI=1S/C24H24F2O6S/c1-12-2-4-15(31-23-22(29)21(28)19(11-27)32-24(23)30)8-14(12)9-16-5-7-20(33-16)13-3-6-17(25)18(26)10-13/h2-8,10,19,21-24,27-30H,9,11H2,1H3/t19-,21-,22+,23-,24?/m1/s1. The van der Waals surface area contributed by atoms with Crippen LogP contribution < -0.4 is 4.74 Å². The lowest BCUT2D eigenvalue weighted by molar-refractivity contribution is -0.280. The maximum atomic E-state index is 13.6. The molecule has 5 atom stereocenters. The lowest BCUT2D eigenvalue weighted by Gasteiger charge is -2.39. The number of hydrogen-bond donors (Lipinski definition) is 4. The molecular weight excluding hydrogens is 454 g/mol. The number of benzene rings is 2. The number of aryl methyl sites for hydroxylation is 1. The molecule has 0 amide bonds. The SMILES string of the molecule is Cc1ccc(O[C@H]2C(O)O[C@H](CO)[C@@H](O)[C@@H]2O)cc1Cc1ccc(-c2ccc(F)c(F)c2)s1. The van der Waals surface area contributed by atoms with Gasteiger partial charge in [0, 0.05) is 16.2 Å². The molecule has 6 nitrogen and oxygen atoms in total. The Morgan fingerprint density at radius 3 is 2.48 bits per heavy atom. The fourth-order valence-corrected chi connectivity index (χ4v) is 4.76. The molecule has 4 rings (SSSR count). The first-order valence-corrected chi connectivity index (χ1v) is 11.2. The first kappa shape index (κ1) is 23.7. The lowest BCUT2D eigenvalue weighted by Crippen LogP contribution is -2.60. The molecule has 0 aliphatic carbocycles. The molecule has 0 spiro atoms. The van der Waals surface area contributed by atoms with Gasteiger partial charge in [0.25, 0.3) is 0 Å². The van der Waals surface area contributed by atoms with Crippen LogP contribution in [0.25, 0.3) is 10.4 Å². The molecule has 0 saturated carbocycles. The summed E-state index contributed by atoms with van der Waals surface area (Å²) >= 11 is 1.46. The zero-order chi connectivity index (χ0) is 23.7. The Kier molecular flexibility index (Phi) is 7.08. The number of thiophene rings is 1. The zero-order valence-electron chi connectivity index (χ0n) is 17.7. The van der Waals surface area contributed by atoms with Crippen molar-refractivity contribution in [3.05, 3.63) is 76.2 Å². The highest BCUT2D eigenvalue weighted by atomic mass is 32.1. The van der Waals surface area contributed by atoms with Crippen LogP contribution in [0.1, 0.15) is 16.0 Å². The molecular formula is C24H24F2O6S. The van der Waals surface area contributed by atoms with Crippen LogP contribution in [0, 0.1) is 18.6 Å². The minimum absolute atomic E-state index is 0.370. The summed E-state index contributed by atoms with van der Waals surface area (Å²) in [6.07, 6.45) is -6.17. The van der Waals surface area contributed by atoms with Gasteiger partial charge in [-0.1, -0.05) is 12.1 Å². The lowest BCUT2D eigenvalue weighted by atomic mass is 9.99. The van der Waals surface area contributed by atoms with E-state index in [9.17, 15) is 29.2 Å². The summed E-state index contributed by atoms with van der Waals surface area (Å²) in [7, 11) is 0. The molecule has 0 radical (unpaired) electrons. The predicted octanol–water partition coefficient (Wildman–Crippen LogP) is 2.77. The van der Waals surface area contributed by atoms with E-state index in [1.54, 1.807) is 12.1 Å². The van der Waals surface area contributed by atoms with Crippen LogP contribution >= 0.6 is 11.3 Å². The molecule has 176 valence electrons. The summed E-state index contributed by atoms with van der Waals surface area (Å²) in [5.74, 6) is -1.41. The number of rotatable bonds is 6. The van der Waals surface area contributed by atoms with E-state index < -0.39 is 48.9 Å². The third kappa shape index (κ3) is 5.08. The average Bonchev–Trinajstić information content (AvgIpc) is 3.26. The van der Waals surface area contributed by atoms with Crippen molar-refractivity contribution in [3.63, 3.8) is 0 Å².